The number of benzene rings is 2. The number of nitrogens with zero attached hydrogens (tertiary/aromatic N) is 2. The highest BCUT2D eigenvalue weighted by molar-refractivity contribution is 6.30. The van der Waals surface area contributed by atoms with Crippen molar-refractivity contribution in [1.29, 1.82) is 0 Å². The predicted molar refractivity (Wildman–Crippen MR) is 113 cm³/mol. The van der Waals surface area contributed by atoms with Crippen molar-refractivity contribution in [2.24, 2.45) is 0 Å². The molecule has 4 rings (SSSR count). The summed E-state index contributed by atoms with van der Waals surface area (Å²) in [7, 11) is 3.28. The van der Waals surface area contributed by atoms with Gasteiger partial charge in [0.05, 0.1) is 25.5 Å². The van der Waals surface area contributed by atoms with Crippen molar-refractivity contribution in [3.8, 4) is 22.9 Å². The molecule has 0 saturated carbocycles. The number of hydrogen-bond donors (Lipinski definition) is 1. The molecule has 29 heavy (non-hydrogen) atoms. The van der Waals surface area contributed by atoms with Crippen molar-refractivity contribution in [3.05, 3.63) is 74.7 Å². The number of fused-ring (bicyclic) bond motifs is 1. The number of rotatable bonds is 5. The van der Waals surface area contributed by atoms with Crippen LogP contribution in [0.4, 0.5) is 0 Å². The van der Waals surface area contributed by atoms with E-state index in [9.17, 15) is 4.79 Å². The van der Waals surface area contributed by atoms with E-state index in [4.69, 9.17) is 26.1 Å². The Morgan fingerprint density at radius 2 is 1.79 bits per heavy atom. The van der Waals surface area contributed by atoms with Gasteiger partial charge in [0.15, 0.2) is 0 Å². The fourth-order valence-corrected chi connectivity index (χ4v) is 3.70. The third-order valence-corrected chi connectivity index (χ3v) is 5.33. The first-order valence-electron chi connectivity index (χ1n) is 9.38. The Hall–Kier alpha value is -2.83. The van der Waals surface area contributed by atoms with Crippen molar-refractivity contribution < 1.29 is 9.47 Å². The summed E-state index contributed by atoms with van der Waals surface area (Å²) in [6.07, 6.45) is 0.723. The van der Waals surface area contributed by atoms with Crippen LogP contribution in [0.3, 0.4) is 0 Å². The van der Waals surface area contributed by atoms with Crippen molar-refractivity contribution in [3.63, 3.8) is 0 Å². The molecule has 1 N–H and O–H groups in total. The molecular formula is C22H22ClN3O3. The highest BCUT2D eigenvalue weighted by Crippen LogP contribution is 2.25. The highest BCUT2D eigenvalue weighted by atomic mass is 35.5. The normalized spacial score (nSPS) is 13.8. The van der Waals surface area contributed by atoms with Gasteiger partial charge in [-0.05, 0) is 42.0 Å². The molecule has 0 saturated heterocycles. The lowest BCUT2D eigenvalue weighted by Gasteiger charge is -2.28. The number of halogens is 1. The Morgan fingerprint density at radius 3 is 2.45 bits per heavy atom. The first kappa shape index (κ1) is 19.5. The minimum atomic E-state index is -0.0899. The smallest absolute Gasteiger partial charge is 0.255 e. The van der Waals surface area contributed by atoms with Gasteiger partial charge in [0.2, 0.25) is 0 Å². The fraction of sp³-hybridized carbons (Fsp3) is 0.273. The molecule has 0 bridgehead atoms. The maximum absolute atomic E-state index is 12.7. The molecule has 0 atom stereocenters. The molecule has 6 nitrogen and oxygen atoms in total. The minimum Gasteiger partial charge on any atom is -0.497 e. The fourth-order valence-electron chi connectivity index (χ4n) is 3.58. The topological polar surface area (TPSA) is 67.5 Å². The molecule has 150 valence electrons. The van der Waals surface area contributed by atoms with E-state index in [2.05, 4.69) is 9.88 Å². The van der Waals surface area contributed by atoms with Crippen LogP contribution in [0.1, 0.15) is 16.8 Å². The molecule has 0 aliphatic carbocycles. The number of H-pyrrole nitrogens is 1. The second-order valence-electron chi connectivity index (χ2n) is 7.03. The lowest BCUT2D eigenvalue weighted by Crippen LogP contribution is -2.35. The molecule has 1 aromatic heterocycles. The molecule has 0 unspecified atom stereocenters. The lowest BCUT2D eigenvalue weighted by molar-refractivity contribution is 0.241. The van der Waals surface area contributed by atoms with Crippen LogP contribution >= 0.6 is 11.6 Å². The molecule has 7 heteroatoms. The molecule has 3 aromatic rings. The van der Waals surface area contributed by atoms with E-state index in [1.165, 1.54) is 0 Å². The van der Waals surface area contributed by atoms with E-state index in [0.29, 0.717) is 23.9 Å². The zero-order chi connectivity index (χ0) is 20.4. The number of methoxy groups -OCH3 is 2. The Kier molecular flexibility index (Phi) is 5.56. The van der Waals surface area contributed by atoms with E-state index in [-0.39, 0.29) is 5.56 Å². The van der Waals surface area contributed by atoms with E-state index in [0.717, 1.165) is 46.8 Å². The molecule has 1 aliphatic heterocycles. The summed E-state index contributed by atoms with van der Waals surface area (Å²) in [6.45, 7) is 2.08. The minimum absolute atomic E-state index is 0.0899. The van der Waals surface area contributed by atoms with Crippen LogP contribution in [0.25, 0.3) is 11.4 Å². The maximum atomic E-state index is 12.7. The Morgan fingerprint density at radius 1 is 1.10 bits per heavy atom. The van der Waals surface area contributed by atoms with E-state index >= 15 is 0 Å². The van der Waals surface area contributed by atoms with Gasteiger partial charge in [-0.2, -0.15) is 0 Å². The van der Waals surface area contributed by atoms with Crippen LogP contribution in [0, 0.1) is 0 Å². The van der Waals surface area contributed by atoms with E-state index < -0.39 is 0 Å². The summed E-state index contributed by atoms with van der Waals surface area (Å²) in [5.74, 6) is 2.09. The van der Waals surface area contributed by atoms with Gasteiger partial charge in [-0.1, -0.05) is 11.6 Å². The lowest BCUT2D eigenvalue weighted by atomic mass is 10.1. The second kappa shape index (κ2) is 8.27. The van der Waals surface area contributed by atoms with Crippen LogP contribution in [-0.2, 0) is 19.5 Å². The number of hydrogen-bond acceptors (Lipinski definition) is 5. The Labute approximate surface area is 174 Å². The molecule has 0 fully saturated rings. The summed E-state index contributed by atoms with van der Waals surface area (Å²) in [4.78, 5) is 22.6. The first-order valence-corrected chi connectivity index (χ1v) is 9.76. The van der Waals surface area contributed by atoms with Crippen LogP contribution in [-0.4, -0.2) is 35.6 Å². The Balaban J connectivity index is 1.56. The van der Waals surface area contributed by atoms with Gasteiger partial charge in [-0.25, -0.2) is 4.98 Å². The van der Waals surface area contributed by atoms with Gasteiger partial charge in [-0.3, -0.25) is 9.69 Å². The molecule has 0 amide bonds. The zero-order valence-corrected chi connectivity index (χ0v) is 17.1. The number of ether oxygens (including phenoxy) is 2. The second-order valence-corrected chi connectivity index (χ2v) is 7.46. The number of nitrogens with one attached hydrogen (secondary N) is 1. The largest absolute Gasteiger partial charge is 0.497 e. The summed E-state index contributed by atoms with van der Waals surface area (Å²) in [5, 5.41) is 0.652. The van der Waals surface area contributed by atoms with Gasteiger partial charge in [0, 0.05) is 42.7 Å². The molecule has 0 spiro atoms. The van der Waals surface area contributed by atoms with E-state index in [1.807, 2.05) is 30.3 Å². The summed E-state index contributed by atoms with van der Waals surface area (Å²) in [5.41, 5.74) is 3.42. The monoisotopic (exact) mass is 411 g/mol. The number of aromatic nitrogens is 2. The van der Waals surface area contributed by atoms with Gasteiger partial charge in [0.1, 0.15) is 17.3 Å². The molecular weight excluding hydrogens is 390 g/mol. The molecule has 0 radical (unpaired) electrons. The predicted octanol–water partition coefficient (Wildman–Crippen LogP) is 3.67. The third-order valence-electron chi connectivity index (χ3n) is 5.08. The molecule has 2 heterocycles. The zero-order valence-electron chi connectivity index (χ0n) is 16.4. The van der Waals surface area contributed by atoms with Crippen LogP contribution in [0.15, 0.2) is 47.3 Å². The maximum Gasteiger partial charge on any atom is 0.255 e. The van der Waals surface area contributed by atoms with E-state index in [1.54, 1.807) is 26.4 Å². The van der Waals surface area contributed by atoms with Gasteiger partial charge >= 0.3 is 0 Å². The standard InChI is InChI=1S/C22H22ClN3O3/c1-28-17-9-14(10-18(11-17)29-2)12-26-8-7-20-19(13-26)22(27)25-21(24-20)15-3-5-16(23)6-4-15/h3-6,9-11H,7-8,12-13H2,1-2H3,(H,24,25,27). The molecule has 2 aromatic carbocycles. The van der Waals surface area contributed by atoms with Crippen molar-refractivity contribution in [2.75, 3.05) is 20.8 Å². The van der Waals surface area contributed by atoms with Crippen molar-refractivity contribution >= 4 is 11.6 Å². The Bertz CT molecular complexity index is 1060. The van der Waals surface area contributed by atoms with Crippen molar-refractivity contribution in [1.82, 2.24) is 14.9 Å². The first-order chi connectivity index (χ1) is 14.1. The van der Waals surface area contributed by atoms with Gasteiger partial charge in [0.25, 0.3) is 5.56 Å². The SMILES string of the molecule is COc1cc(CN2CCc3nc(-c4ccc(Cl)cc4)[nH]c(=O)c3C2)cc(OC)c1. The quantitative estimate of drug-likeness (QED) is 0.693. The molecule has 1 aliphatic rings. The third kappa shape index (κ3) is 4.28. The van der Waals surface area contributed by atoms with Gasteiger partial charge < -0.3 is 14.5 Å². The van der Waals surface area contributed by atoms with Crippen LogP contribution < -0.4 is 15.0 Å². The summed E-state index contributed by atoms with van der Waals surface area (Å²) < 4.78 is 10.7. The van der Waals surface area contributed by atoms with Gasteiger partial charge in [-0.15, -0.1) is 0 Å². The summed E-state index contributed by atoms with van der Waals surface area (Å²) in [6, 6.07) is 13.1. The highest BCUT2D eigenvalue weighted by Gasteiger charge is 2.22. The van der Waals surface area contributed by atoms with Crippen LogP contribution in [0.5, 0.6) is 11.5 Å². The number of aromatic amines is 1. The average molecular weight is 412 g/mol. The summed E-state index contributed by atoms with van der Waals surface area (Å²) >= 11 is 5.95. The average Bonchev–Trinajstić information content (AvgIpc) is 2.74. The van der Waals surface area contributed by atoms with Crippen LogP contribution in [0.2, 0.25) is 5.02 Å². The van der Waals surface area contributed by atoms with Crippen molar-refractivity contribution in [2.45, 2.75) is 19.5 Å².